The molecule has 0 spiro atoms. The second kappa shape index (κ2) is 6.80. The molecular weight excluding hydrogens is 324 g/mol. The summed E-state index contributed by atoms with van der Waals surface area (Å²) < 4.78 is 4.92. The standard InChI is InChI=1S/C15H17ClN2OS2/c16-13-3-1-12(2-4-13)15(11-17)20-9-14(10-21-15)18-5-7-19-8-6-18/h1-4,14H,5-10H2. The monoisotopic (exact) mass is 340 g/mol. The van der Waals surface area contributed by atoms with Crippen molar-refractivity contribution in [2.24, 2.45) is 0 Å². The van der Waals surface area contributed by atoms with E-state index in [1.54, 1.807) is 23.5 Å². The molecule has 2 fully saturated rings. The van der Waals surface area contributed by atoms with Gasteiger partial charge in [-0.25, -0.2) is 0 Å². The minimum absolute atomic E-state index is 0.493. The molecule has 2 heterocycles. The molecule has 3 nitrogen and oxygen atoms in total. The summed E-state index contributed by atoms with van der Waals surface area (Å²) in [6, 6.07) is 10.7. The third kappa shape index (κ3) is 3.35. The summed E-state index contributed by atoms with van der Waals surface area (Å²) in [5.41, 5.74) is 1.05. The lowest BCUT2D eigenvalue weighted by Crippen LogP contribution is -2.48. The Morgan fingerprint density at radius 1 is 1.19 bits per heavy atom. The predicted molar refractivity (Wildman–Crippen MR) is 89.8 cm³/mol. The van der Waals surface area contributed by atoms with Gasteiger partial charge in [0.2, 0.25) is 0 Å². The highest BCUT2D eigenvalue weighted by atomic mass is 35.5. The number of benzene rings is 1. The van der Waals surface area contributed by atoms with Gasteiger partial charge in [0.1, 0.15) is 0 Å². The van der Waals surface area contributed by atoms with Gasteiger partial charge in [-0.3, -0.25) is 4.90 Å². The molecule has 0 aromatic heterocycles. The summed E-state index contributed by atoms with van der Waals surface area (Å²) in [6.07, 6.45) is 0. The highest BCUT2D eigenvalue weighted by molar-refractivity contribution is 8.18. The zero-order valence-corrected chi connectivity index (χ0v) is 14.0. The Bertz CT molecular complexity index is 517. The smallest absolute Gasteiger partial charge is 0.173 e. The first-order valence-corrected chi connectivity index (χ1v) is 9.35. The molecule has 21 heavy (non-hydrogen) atoms. The normalized spacial score (nSPS) is 30.8. The Hall–Kier alpha value is -0.380. The van der Waals surface area contributed by atoms with Crippen LogP contribution in [0.3, 0.4) is 0 Å². The number of nitriles is 1. The Kier molecular flexibility index (Phi) is 5.03. The lowest BCUT2D eigenvalue weighted by atomic mass is 10.1. The van der Waals surface area contributed by atoms with Gasteiger partial charge in [-0.05, 0) is 17.7 Å². The second-order valence-electron chi connectivity index (χ2n) is 5.16. The number of rotatable bonds is 2. The Morgan fingerprint density at radius 2 is 1.81 bits per heavy atom. The minimum atomic E-state index is -0.493. The average Bonchev–Trinajstić information content (AvgIpc) is 2.56. The number of thioether (sulfide) groups is 2. The quantitative estimate of drug-likeness (QED) is 0.826. The molecule has 2 saturated heterocycles. The van der Waals surface area contributed by atoms with Crippen LogP contribution in [-0.2, 0) is 8.82 Å². The van der Waals surface area contributed by atoms with Crippen molar-refractivity contribution >= 4 is 35.1 Å². The van der Waals surface area contributed by atoms with Crippen molar-refractivity contribution in [2.45, 2.75) is 10.1 Å². The number of morpholine rings is 1. The lowest BCUT2D eigenvalue weighted by Gasteiger charge is -2.40. The van der Waals surface area contributed by atoms with E-state index in [0.717, 1.165) is 43.4 Å². The van der Waals surface area contributed by atoms with Gasteiger partial charge in [-0.1, -0.05) is 23.7 Å². The van der Waals surface area contributed by atoms with Crippen LogP contribution in [0.4, 0.5) is 0 Å². The van der Waals surface area contributed by atoms with Crippen LogP contribution in [0, 0.1) is 11.3 Å². The maximum Gasteiger partial charge on any atom is 0.173 e. The summed E-state index contributed by atoms with van der Waals surface area (Å²) in [5.74, 6) is 1.98. The number of hydrogen-bond acceptors (Lipinski definition) is 5. The molecule has 0 bridgehead atoms. The van der Waals surface area contributed by atoms with E-state index in [2.05, 4.69) is 11.0 Å². The van der Waals surface area contributed by atoms with E-state index in [0.29, 0.717) is 11.1 Å². The Morgan fingerprint density at radius 3 is 2.38 bits per heavy atom. The molecule has 0 atom stereocenters. The van der Waals surface area contributed by atoms with Crippen molar-refractivity contribution in [3.05, 3.63) is 34.9 Å². The van der Waals surface area contributed by atoms with Crippen molar-refractivity contribution in [1.82, 2.24) is 4.90 Å². The fraction of sp³-hybridized carbons (Fsp3) is 0.533. The maximum absolute atomic E-state index is 9.70. The summed E-state index contributed by atoms with van der Waals surface area (Å²) in [6.45, 7) is 3.66. The van der Waals surface area contributed by atoms with Crippen LogP contribution in [0.25, 0.3) is 0 Å². The van der Waals surface area contributed by atoms with Gasteiger partial charge in [-0.2, -0.15) is 5.26 Å². The molecule has 0 amide bonds. The number of ether oxygens (including phenoxy) is 1. The van der Waals surface area contributed by atoms with Crippen LogP contribution < -0.4 is 0 Å². The summed E-state index contributed by atoms with van der Waals surface area (Å²) in [4.78, 5) is 2.49. The first-order valence-electron chi connectivity index (χ1n) is 7.00. The van der Waals surface area contributed by atoms with Crippen LogP contribution in [0.15, 0.2) is 24.3 Å². The van der Waals surface area contributed by atoms with Crippen molar-refractivity contribution in [3.63, 3.8) is 0 Å². The van der Waals surface area contributed by atoms with Crippen LogP contribution in [0.5, 0.6) is 0 Å². The van der Waals surface area contributed by atoms with Crippen molar-refractivity contribution in [1.29, 1.82) is 5.26 Å². The van der Waals surface area contributed by atoms with Gasteiger partial charge in [0.05, 0.1) is 19.3 Å². The van der Waals surface area contributed by atoms with E-state index in [9.17, 15) is 5.26 Å². The molecule has 1 aromatic carbocycles. The average molecular weight is 341 g/mol. The van der Waals surface area contributed by atoms with Gasteiger partial charge in [0.25, 0.3) is 0 Å². The molecule has 3 rings (SSSR count). The molecule has 0 radical (unpaired) electrons. The van der Waals surface area contributed by atoms with Gasteiger partial charge < -0.3 is 4.74 Å². The van der Waals surface area contributed by atoms with Crippen LogP contribution in [-0.4, -0.2) is 48.8 Å². The van der Waals surface area contributed by atoms with Crippen molar-refractivity contribution < 1.29 is 4.74 Å². The van der Waals surface area contributed by atoms with E-state index in [1.165, 1.54) is 0 Å². The van der Waals surface area contributed by atoms with E-state index in [1.807, 2.05) is 24.3 Å². The van der Waals surface area contributed by atoms with E-state index >= 15 is 0 Å². The van der Waals surface area contributed by atoms with Crippen molar-refractivity contribution in [2.75, 3.05) is 37.8 Å². The van der Waals surface area contributed by atoms with Gasteiger partial charge in [0.15, 0.2) is 4.08 Å². The molecule has 1 aromatic rings. The molecule has 2 aliphatic heterocycles. The van der Waals surface area contributed by atoms with Crippen LogP contribution >= 0.6 is 35.1 Å². The Labute approximate surface area is 139 Å². The molecule has 2 aliphatic rings. The first kappa shape index (κ1) is 15.5. The fourth-order valence-corrected chi connectivity index (χ4v) is 5.90. The third-order valence-corrected chi connectivity index (χ3v) is 7.42. The topological polar surface area (TPSA) is 36.3 Å². The third-order valence-electron chi connectivity index (χ3n) is 3.89. The SMILES string of the molecule is N#CC1(c2ccc(Cl)cc2)SCC(N2CCOCC2)CS1. The van der Waals surface area contributed by atoms with E-state index < -0.39 is 4.08 Å². The highest BCUT2D eigenvalue weighted by Crippen LogP contribution is 2.50. The molecular formula is C15H17ClN2OS2. The zero-order chi connectivity index (χ0) is 14.7. The van der Waals surface area contributed by atoms with Gasteiger partial charge in [0, 0.05) is 35.7 Å². The fourth-order valence-electron chi connectivity index (χ4n) is 2.64. The zero-order valence-electron chi connectivity index (χ0n) is 11.6. The predicted octanol–water partition coefficient (Wildman–Crippen LogP) is 3.20. The molecule has 0 saturated carbocycles. The summed E-state index contributed by atoms with van der Waals surface area (Å²) in [5, 5.41) is 10.4. The molecule has 6 heteroatoms. The number of nitrogens with zero attached hydrogens (tertiary/aromatic N) is 2. The van der Waals surface area contributed by atoms with E-state index in [-0.39, 0.29) is 0 Å². The van der Waals surface area contributed by atoms with Crippen LogP contribution in [0.1, 0.15) is 5.56 Å². The summed E-state index contributed by atoms with van der Waals surface area (Å²) in [7, 11) is 0. The van der Waals surface area contributed by atoms with Crippen LogP contribution in [0.2, 0.25) is 5.02 Å². The first-order chi connectivity index (χ1) is 10.2. The molecule has 0 unspecified atom stereocenters. The highest BCUT2D eigenvalue weighted by Gasteiger charge is 2.40. The van der Waals surface area contributed by atoms with Gasteiger partial charge in [-0.15, -0.1) is 23.5 Å². The van der Waals surface area contributed by atoms with Gasteiger partial charge >= 0.3 is 0 Å². The van der Waals surface area contributed by atoms with E-state index in [4.69, 9.17) is 16.3 Å². The second-order valence-corrected chi connectivity index (χ2v) is 8.32. The molecule has 112 valence electrons. The Balaban J connectivity index is 1.69. The minimum Gasteiger partial charge on any atom is -0.379 e. The molecule has 0 N–H and O–H groups in total. The molecule has 0 aliphatic carbocycles. The number of halogens is 1. The largest absolute Gasteiger partial charge is 0.379 e. The maximum atomic E-state index is 9.70. The lowest BCUT2D eigenvalue weighted by molar-refractivity contribution is 0.0253. The summed E-state index contributed by atoms with van der Waals surface area (Å²) >= 11 is 9.44. The van der Waals surface area contributed by atoms with Crippen molar-refractivity contribution in [3.8, 4) is 6.07 Å². The number of hydrogen-bond donors (Lipinski definition) is 0.